The quantitative estimate of drug-likeness (QED) is 0.757. The minimum atomic E-state index is -1.78. The highest BCUT2D eigenvalue weighted by Crippen LogP contribution is 2.38. The van der Waals surface area contributed by atoms with Gasteiger partial charge >= 0.3 is 6.47 Å². The molecule has 1 aromatic carbocycles. The van der Waals surface area contributed by atoms with Gasteiger partial charge in [0.1, 0.15) is 0 Å². The Kier molecular flexibility index (Phi) is 3.42. The smallest absolute Gasteiger partial charge is 0.416 e. The Hall–Kier alpha value is -0.440. The molecule has 0 atom stereocenters. The molecule has 13 heavy (non-hydrogen) atoms. The SMILES string of the molecule is O=[C]OC(Cl)(Cl)c1ccccc1Cl. The van der Waals surface area contributed by atoms with E-state index in [-0.39, 0.29) is 0 Å². The van der Waals surface area contributed by atoms with Crippen molar-refractivity contribution in [1.29, 1.82) is 0 Å². The zero-order chi connectivity index (χ0) is 9.90. The molecule has 0 aliphatic rings. The lowest BCUT2D eigenvalue weighted by molar-refractivity contribution is 0.214. The maximum absolute atomic E-state index is 9.95. The molecule has 0 saturated carbocycles. The minimum Gasteiger partial charge on any atom is -0.416 e. The maximum atomic E-state index is 9.95. The normalized spacial score (nSPS) is 11.0. The first-order valence-electron chi connectivity index (χ1n) is 3.26. The molecule has 0 aliphatic heterocycles. The van der Waals surface area contributed by atoms with Crippen molar-refractivity contribution in [2.75, 3.05) is 0 Å². The van der Waals surface area contributed by atoms with Crippen molar-refractivity contribution in [3.05, 3.63) is 34.9 Å². The highest BCUT2D eigenvalue weighted by Gasteiger charge is 2.30. The van der Waals surface area contributed by atoms with Gasteiger partial charge in [0.25, 0.3) is 4.52 Å². The summed E-state index contributed by atoms with van der Waals surface area (Å²) in [5.41, 5.74) is 0.309. The number of rotatable bonds is 3. The van der Waals surface area contributed by atoms with Crippen LogP contribution >= 0.6 is 34.8 Å². The highest BCUT2D eigenvalue weighted by molar-refractivity contribution is 6.48. The zero-order valence-corrected chi connectivity index (χ0v) is 8.53. The predicted octanol–water partition coefficient (Wildman–Crippen LogP) is 3.01. The summed E-state index contributed by atoms with van der Waals surface area (Å²) in [7, 11) is 0. The Bertz CT molecular complexity index is 312. The van der Waals surface area contributed by atoms with E-state index in [0.717, 1.165) is 6.47 Å². The van der Waals surface area contributed by atoms with E-state index in [1.807, 2.05) is 0 Å². The molecular formula is C8H4Cl3O2. The summed E-state index contributed by atoms with van der Waals surface area (Å²) in [5, 5.41) is 0.322. The Balaban J connectivity index is 3.06. The van der Waals surface area contributed by atoms with E-state index in [0.29, 0.717) is 10.6 Å². The zero-order valence-electron chi connectivity index (χ0n) is 6.26. The van der Waals surface area contributed by atoms with Crippen molar-refractivity contribution in [2.24, 2.45) is 0 Å². The van der Waals surface area contributed by atoms with E-state index in [1.165, 1.54) is 0 Å². The number of carbonyl (C=O) groups excluding carboxylic acids is 1. The summed E-state index contributed by atoms with van der Waals surface area (Å²) >= 11 is 17.1. The molecule has 0 saturated heterocycles. The van der Waals surface area contributed by atoms with E-state index >= 15 is 0 Å². The second-order valence-electron chi connectivity index (χ2n) is 2.18. The van der Waals surface area contributed by atoms with Crippen LogP contribution in [0.15, 0.2) is 24.3 Å². The molecule has 0 bridgehead atoms. The Morgan fingerprint density at radius 3 is 2.46 bits per heavy atom. The number of halogens is 3. The van der Waals surface area contributed by atoms with Gasteiger partial charge in [-0.25, -0.2) is 4.79 Å². The molecule has 0 heterocycles. The van der Waals surface area contributed by atoms with Crippen LogP contribution in [0.1, 0.15) is 5.56 Å². The van der Waals surface area contributed by atoms with Gasteiger partial charge in [-0.2, -0.15) is 0 Å². The lowest BCUT2D eigenvalue weighted by Crippen LogP contribution is -2.14. The van der Waals surface area contributed by atoms with E-state index < -0.39 is 4.52 Å². The number of alkyl halides is 2. The van der Waals surface area contributed by atoms with Crippen molar-refractivity contribution < 1.29 is 9.53 Å². The van der Waals surface area contributed by atoms with Gasteiger partial charge in [-0.1, -0.05) is 53.0 Å². The molecule has 0 aliphatic carbocycles. The molecule has 0 amide bonds. The molecule has 1 rings (SSSR count). The van der Waals surface area contributed by atoms with Crippen LogP contribution in [0.4, 0.5) is 0 Å². The van der Waals surface area contributed by atoms with E-state index in [1.54, 1.807) is 24.3 Å². The lowest BCUT2D eigenvalue weighted by Gasteiger charge is -2.17. The molecule has 1 radical (unpaired) electrons. The summed E-state index contributed by atoms with van der Waals surface area (Å²) in [6.45, 7) is 1.16. The van der Waals surface area contributed by atoms with Crippen LogP contribution < -0.4 is 0 Å². The first kappa shape index (κ1) is 10.6. The maximum Gasteiger partial charge on any atom is 0.420 e. The van der Waals surface area contributed by atoms with Gasteiger partial charge in [-0.15, -0.1) is 0 Å². The van der Waals surface area contributed by atoms with Gasteiger partial charge in [0.15, 0.2) is 0 Å². The first-order chi connectivity index (χ1) is 6.08. The largest absolute Gasteiger partial charge is 0.420 e. The summed E-state index contributed by atoms with van der Waals surface area (Å²) < 4.78 is 2.56. The summed E-state index contributed by atoms with van der Waals surface area (Å²) in [6.07, 6.45) is 0. The second-order valence-corrected chi connectivity index (χ2v) is 3.85. The van der Waals surface area contributed by atoms with Gasteiger partial charge < -0.3 is 4.74 Å². The monoisotopic (exact) mass is 237 g/mol. The van der Waals surface area contributed by atoms with Crippen LogP contribution in [0.5, 0.6) is 0 Å². The van der Waals surface area contributed by atoms with Crippen molar-refractivity contribution in [1.82, 2.24) is 0 Å². The number of benzene rings is 1. The van der Waals surface area contributed by atoms with E-state index in [9.17, 15) is 4.79 Å². The first-order valence-corrected chi connectivity index (χ1v) is 4.39. The van der Waals surface area contributed by atoms with Crippen LogP contribution in [0.25, 0.3) is 0 Å². The fourth-order valence-electron chi connectivity index (χ4n) is 0.805. The Morgan fingerprint density at radius 1 is 1.31 bits per heavy atom. The van der Waals surface area contributed by atoms with Gasteiger partial charge in [0.05, 0.1) is 5.02 Å². The standard InChI is InChI=1S/C8H4Cl3O2/c9-7-4-2-1-3-6(7)8(10,11)13-5-12/h1-4H. The topological polar surface area (TPSA) is 26.3 Å². The van der Waals surface area contributed by atoms with Crippen molar-refractivity contribution in [2.45, 2.75) is 4.52 Å². The van der Waals surface area contributed by atoms with Gasteiger partial charge in [0.2, 0.25) is 0 Å². The van der Waals surface area contributed by atoms with Crippen molar-refractivity contribution in [3.8, 4) is 0 Å². The molecule has 0 aromatic heterocycles. The molecule has 0 fully saturated rings. The third-order valence-electron chi connectivity index (χ3n) is 1.36. The fraction of sp³-hybridized carbons (Fsp3) is 0.125. The molecule has 1 aromatic rings. The summed E-state index contributed by atoms with van der Waals surface area (Å²) in [4.78, 5) is 9.95. The highest BCUT2D eigenvalue weighted by atomic mass is 35.5. The molecule has 69 valence electrons. The average molecular weight is 238 g/mol. The number of hydrogen-bond donors (Lipinski definition) is 0. The third-order valence-corrected chi connectivity index (χ3v) is 2.25. The van der Waals surface area contributed by atoms with Crippen LogP contribution in [0, 0.1) is 0 Å². The van der Waals surface area contributed by atoms with Crippen molar-refractivity contribution in [3.63, 3.8) is 0 Å². The van der Waals surface area contributed by atoms with Gasteiger partial charge in [-0.3, -0.25) is 0 Å². The van der Waals surface area contributed by atoms with Crippen LogP contribution in [-0.4, -0.2) is 6.47 Å². The average Bonchev–Trinajstić information content (AvgIpc) is 2.04. The van der Waals surface area contributed by atoms with Gasteiger partial charge in [0, 0.05) is 5.56 Å². The number of ether oxygens (including phenoxy) is 1. The van der Waals surface area contributed by atoms with Crippen molar-refractivity contribution >= 4 is 41.3 Å². The lowest BCUT2D eigenvalue weighted by atomic mass is 10.2. The molecule has 5 heteroatoms. The minimum absolute atomic E-state index is 0.309. The van der Waals surface area contributed by atoms with Gasteiger partial charge in [-0.05, 0) is 6.07 Å². The fourth-order valence-corrected chi connectivity index (χ4v) is 1.56. The van der Waals surface area contributed by atoms with Crippen LogP contribution in [0.3, 0.4) is 0 Å². The molecule has 2 nitrogen and oxygen atoms in total. The van der Waals surface area contributed by atoms with Crippen LogP contribution in [-0.2, 0) is 14.1 Å². The predicted molar refractivity (Wildman–Crippen MR) is 51.6 cm³/mol. The summed E-state index contributed by atoms with van der Waals surface area (Å²) in [5.74, 6) is 0. The second kappa shape index (κ2) is 4.18. The van der Waals surface area contributed by atoms with E-state index in [4.69, 9.17) is 34.8 Å². The number of hydrogen-bond acceptors (Lipinski definition) is 2. The Morgan fingerprint density at radius 2 is 1.92 bits per heavy atom. The Labute approximate surface area is 90.3 Å². The molecule has 0 N–H and O–H groups in total. The third kappa shape index (κ3) is 2.50. The van der Waals surface area contributed by atoms with E-state index in [2.05, 4.69) is 4.74 Å². The molecule has 0 unspecified atom stereocenters. The molecular weight excluding hydrogens is 234 g/mol. The van der Waals surface area contributed by atoms with Crippen LogP contribution in [0.2, 0.25) is 5.02 Å². The summed E-state index contributed by atoms with van der Waals surface area (Å²) in [6, 6.07) is 6.53. The molecule has 0 spiro atoms.